The Balaban J connectivity index is 1.70. The van der Waals surface area contributed by atoms with Gasteiger partial charge in [0.1, 0.15) is 5.75 Å². The summed E-state index contributed by atoms with van der Waals surface area (Å²) in [6.45, 7) is 1.59. The Bertz CT molecular complexity index is 709. The lowest BCUT2D eigenvalue weighted by Gasteiger charge is -2.36. The standard InChI is InChI=1S/C22H27NO3/c1-26-16-4-6-20-5-2-3-15-23(20)22(25)19-9-7-17(8-10-19)18-11-13-21(24)14-12-18/h7-14,20,24H,2-6,15-16H2,1H3. The Hall–Kier alpha value is -2.33. The summed E-state index contributed by atoms with van der Waals surface area (Å²) in [5.41, 5.74) is 2.81. The van der Waals surface area contributed by atoms with Gasteiger partial charge in [0.25, 0.3) is 5.91 Å². The normalized spacial score (nSPS) is 17.3. The van der Waals surface area contributed by atoms with Gasteiger partial charge < -0.3 is 14.7 Å². The van der Waals surface area contributed by atoms with Crippen molar-refractivity contribution in [3.63, 3.8) is 0 Å². The Morgan fingerprint density at radius 3 is 2.38 bits per heavy atom. The first-order chi connectivity index (χ1) is 12.7. The minimum absolute atomic E-state index is 0.129. The number of aromatic hydroxyl groups is 1. The van der Waals surface area contributed by atoms with Gasteiger partial charge >= 0.3 is 0 Å². The molecule has 1 amide bonds. The number of phenols is 1. The molecular weight excluding hydrogens is 326 g/mol. The van der Waals surface area contributed by atoms with Crippen molar-refractivity contribution >= 4 is 5.91 Å². The SMILES string of the molecule is COCCCC1CCCCN1C(=O)c1ccc(-c2ccc(O)cc2)cc1. The van der Waals surface area contributed by atoms with E-state index in [1.54, 1.807) is 19.2 Å². The second-order valence-electron chi connectivity index (χ2n) is 6.91. The molecule has 2 aromatic carbocycles. The number of methoxy groups -OCH3 is 1. The van der Waals surface area contributed by atoms with Crippen molar-refractivity contribution in [3.8, 4) is 16.9 Å². The largest absolute Gasteiger partial charge is 0.508 e. The number of ether oxygens (including phenoxy) is 1. The zero-order valence-corrected chi connectivity index (χ0v) is 15.4. The maximum absolute atomic E-state index is 13.0. The Labute approximate surface area is 155 Å². The molecule has 0 bridgehead atoms. The fourth-order valence-electron chi connectivity index (χ4n) is 3.66. The molecule has 1 fully saturated rings. The summed E-state index contributed by atoms with van der Waals surface area (Å²) < 4.78 is 5.16. The van der Waals surface area contributed by atoms with Crippen molar-refractivity contribution in [3.05, 3.63) is 54.1 Å². The molecule has 1 atom stereocenters. The number of hydrogen-bond acceptors (Lipinski definition) is 3. The maximum atomic E-state index is 13.0. The minimum Gasteiger partial charge on any atom is -0.508 e. The summed E-state index contributed by atoms with van der Waals surface area (Å²) in [5.74, 6) is 0.384. The van der Waals surface area contributed by atoms with Crippen LogP contribution >= 0.6 is 0 Å². The van der Waals surface area contributed by atoms with Crippen molar-refractivity contribution in [1.29, 1.82) is 0 Å². The van der Waals surface area contributed by atoms with E-state index in [1.165, 1.54) is 6.42 Å². The average molecular weight is 353 g/mol. The van der Waals surface area contributed by atoms with Gasteiger partial charge in [-0.25, -0.2) is 0 Å². The first-order valence-electron chi connectivity index (χ1n) is 9.38. The van der Waals surface area contributed by atoms with Crippen LogP contribution in [0.3, 0.4) is 0 Å². The molecule has 4 nitrogen and oxygen atoms in total. The van der Waals surface area contributed by atoms with E-state index in [1.807, 2.05) is 36.4 Å². The van der Waals surface area contributed by atoms with Gasteiger partial charge in [0.05, 0.1) is 0 Å². The van der Waals surface area contributed by atoms with Crippen LogP contribution in [0.2, 0.25) is 0 Å². The van der Waals surface area contributed by atoms with Gasteiger partial charge in [0.15, 0.2) is 0 Å². The van der Waals surface area contributed by atoms with E-state index in [-0.39, 0.29) is 11.7 Å². The third-order valence-electron chi connectivity index (χ3n) is 5.11. The Morgan fingerprint density at radius 1 is 1.08 bits per heavy atom. The third kappa shape index (κ3) is 4.44. The van der Waals surface area contributed by atoms with Gasteiger partial charge in [-0.15, -0.1) is 0 Å². The molecule has 1 heterocycles. The molecule has 1 aliphatic heterocycles. The number of likely N-dealkylation sites (tertiary alicyclic amines) is 1. The van der Waals surface area contributed by atoms with E-state index in [4.69, 9.17) is 4.74 Å². The zero-order valence-electron chi connectivity index (χ0n) is 15.4. The summed E-state index contributed by atoms with van der Waals surface area (Å²) in [6, 6.07) is 15.2. The molecule has 4 heteroatoms. The number of nitrogens with zero attached hydrogens (tertiary/aromatic N) is 1. The highest BCUT2D eigenvalue weighted by molar-refractivity contribution is 5.95. The van der Waals surface area contributed by atoms with E-state index in [0.717, 1.165) is 55.5 Å². The van der Waals surface area contributed by atoms with Crippen LogP contribution in [0.4, 0.5) is 0 Å². The molecule has 26 heavy (non-hydrogen) atoms. The van der Waals surface area contributed by atoms with Gasteiger partial charge in [0, 0.05) is 31.9 Å². The number of carbonyl (C=O) groups excluding carboxylic acids is 1. The Morgan fingerprint density at radius 2 is 1.73 bits per heavy atom. The predicted molar refractivity (Wildman–Crippen MR) is 103 cm³/mol. The van der Waals surface area contributed by atoms with Crippen LogP contribution in [0.1, 0.15) is 42.5 Å². The fourth-order valence-corrected chi connectivity index (χ4v) is 3.66. The zero-order chi connectivity index (χ0) is 18.4. The average Bonchev–Trinajstić information content (AvgIpc) is 2.69. The number of phenolic OH excluding ortho intramolecular Hbond substituents is 1. The maximum Gasteiger partial charge on any atom is 0.254 e. The van der Waals surface area contributed by atoms with Crippen LogP contribution in [-0.2, 0) is 4.74 Å². The molecular formula is C22H27NO3. The van der Waals surface area contributed by atoms with Crippen molar-refractivity contribution in [2.45, 2.75) is 38.1 Å². The monoisotopic (exact) mass is 353 g/mol. The molecule has 0 aliphatic carbocycles. The quantitative estimate of drug-likeness (QED) is 0.779. The van der Waals surface area contributed by atoms with Gasteiger partial charge in [0.2, 0.25) is 0 Å². The van der Waals surface area contributed by atoms with Gasteiger partial charge in [-0.1, -0.05) is 24.3 Å². The van der Waals surface area contributed by atoms with E-state index in [0.29, 0.717) is 6.04 Å². The number of hydrogen-bond donors (Lipinski definition) is 1. The summed E-state index contributed by atoms with van der Waals surface area (Å²) in [4.78, 5) is 15.0. The molecule has 1 N–H and O–H groups in total. The first kappa shape index (κ1) is 18.5. The molecule has 0 spiro atoms. The lowest BCUT2D eigenvalue weighted by Crippen LogP contribution is -2.43. The van der Waals surface area contributed by atoms with Crippen molar-refractivity contribution in [1.82, 2.24) is 4.90 Å². The van der Waals surface area contributed by atoms with E-state index in [9.17, 15) is 9.90 Å². The number of piperidine rings is 1. The summed E-state index contributed by atoms with van der Waals surface area (Å²) >= 11 is 0. The van der Waals surface area contributed by atoms with E-state index < -0.39 is 0 Å². The molecule has 3 rings (SSSR count). The van der Waals surface area contributed by atoms with Crippen LogP contribution in [0.25, 0.3) is 11.1 Å². The highest BCUT2D eigenvalue weighted by atomic mass is 16.5. The number of amides is 1. The predicted octanol–water partition coefficient (Wildman–Crippen LogP) is 4.48. The van der Waals surface area contributed by atoms with Crippen LogP contribution in [0.15, 0.2) is 48.5 Å². The second kappa shape index (κ2) is 8.86. The van der Waals surface area contributed by atoms with Crippen LogP contribution < -0.4 is 0 Å². The number of rotatable bonds is 6. The summed E-state index contributed by atoms with van der Waals surface area (Å²) in [6.07, 6.45) is 5.36. The minimum atomic E-state index is 0.129. The van der Waals surface area contributed by atoms with Gasteiger partial charge in [-0.05, 0) is 67.5 Å². The summed E-state index contributed by atoms with van der Waals surface area (Å²) in [7, 11) is 1.72. The van der Waals surface area contributed by atoms with E-state index in [2.05, 4.69) is 4.90 Å². The fraction of sp³-hybridized carbons (Fsp3) is 0.409. The lowest BCUT2D eigenvalue weighted by atomic mass is 9.96. The number of benzene rings is 2. The van der Waals surface area contributed by atoms with Crippen LogP contribution in [-0.4, -0.2) is 42.2 Å². The van der Waals surface area contributed by atoms with Crippen molar-refractivity contribution < 1.29 is 14.6 Å². The number of carbonyl (C=O) groups is 1. The molecule has 0 aromatic heterocycles. The second-order valence-corrected chi connectivity index (χ2v) is 6.91. The first-order valence-corrected chi connectivity index (χ1v) is 9.38. The van der Waals surface area contributed by atoms with E-state index >= 15 is 0 Å². The molecule has 1 saturated heterocycles. The van der Waals surface area contributed by atoms with Gasteiger partial charge in [-0.2, -0.15) is 0 Å². The summed E-state index contributed by atoms with van der Waals surface area (Å²) in [5, 5.41) is 9.41. The Kier molecular flexibility index (Phi) is 6.29. The van der Waals surface area contributed by atoms with Crippen molar-refractivity contribution in [2.75, 3.05) is 20.3 Å². The van der Waals surface area contributed by atoms with Crippen LogP contribution in [0.5, 0.6) is 5.75 Å². The molecule has 1 unspecified atom stereocenters. The molecule has 0 saturated carbocycles. The van der Waals surface area contributed by atoms with Gasteiger partial charge in [-0.3, -0.25) is 4.79 Å². The van der Waals surface area contributed by atoms with Crippen LogP contribution in [0, 0.1) is 0 Å². The molecule has 2 aromatic rings. The smallest absolute Gasteiger partial charge is 0.254 e. The highest BCUT2D eigenvalue weighted by Gasteiger charge is 2.27. The molecule has 0 radical (unpaired) electrons. The molecule has 1 aliphatic rings. The lowest BCUT2D eigenvalue weighted by molar-refractivity contribution is 0.0585. The van der Waals surface area contributed by atoms with Crippen molar-refractivity contribution in [2.24, 2.45) is 0 Å². The third-order valence-corrected chi connectivity index (χ3v) is 5.11. The molecule has 138 valence electrons. The highest BCUT2D eigenvalue weighted by Crippen LogP contribution is 2.25. The topological polar surface area (TPSA) is 49.8 Å².